The number of aliphatic hydroxyl groups is 2. The summed E-state index contributed by atoms with van der Waals surface area (Å²) in [6, 6.07) is -0.479. The fourth-order valence-corrected chi connectivity index (χ4v) is 8.13. The minimum Gasteiger partial charge on any atom is -0.387 e. The lowest BCUT2D eigenvalue weighted by Gasteiger charge is -2.51. The van der Waals surface area contributed by atoms with Crippen molar-refractivity contribution in [2.24, 2.45) is 0 Å². The Morgan fingerprint density at radius 1 is 1.07 bits per heavy atom. The monoisotopic (exact) mass is 676 g/mol. The van der Waals surface area contributed by atoms with Gasteiger partial charge in [-0.1, -0.05) is 0 Å². The molecule has 1 radical (unpaired) electrons. The van der Waals surface area contributed by atoms with E-state index in [2.05, 4.69) is 33.4 Å². The zero-order valence-corrected chi connectivity index (χ0v) is 25.9. The third-order valence-electron chi connectivity index (χ3n) is 7.19. The summed E-state index contributed by atoms with van der Waals surface area (Å²) in [6.45, 7) is 6.14. The lowest BCUT2D eigenvalue weighted by atomic mass is 9.78. The second-order valence-corrected chi connectivity index (χ2v) is 15.6. The number of hydroxylamine groups is 2. The maximum Gasteiger partial charge on any atom is 0.490 e. The number of ether oxygens (including phenoxy) is 1. The number of nitrogens with two attached hydrogens (primary N) is 1. The van der Waals surface area contributed by atoms with Gasteiger partial charge in [0.2, 0.25) is 5.95 Å². The number of anilines is 2. The van der Waals surface area contributed by atoms with Crippen molar-refractivity contribution in [3.8, 4) is 0 Å². The quantitative estimate of drug-likeness (QED) is 0.155. The van der Waals surface area contributed by atoms with Gasteiger partial charge in [-0.05, 0) is 40.5 Å². The maximum atomic E-state index is 13.1. The number of aromatic nitrogens is 4. The van der Waals surface area contributed by atoms with Crippen LogP contribution >= 0.6 is 23.5 Å². The summed E-state index contributed by atoms with van der Waals surface area (Å²) in [7, 11) is -16.9. The highest BCUT2D eigenvalue weighted by atomic mass is 31.3. The zero-order chi connectivity index (χ0) is 32.3. The van der Waals surface area contributed by atoms with Crippen LogP contribution < -0.4 is 11.1 Å². The van der Waals surface area contributed by atoms with Crippen LogP contribution in [0.4, 0.5) is 11.8 Å². The molecule has 0 spiro atoms. The first kappa shape index (κ1) is 34.2. The van der Waals surface area contributed by atoms with Crippen molar-refractivity contribution >= 4 is 46.4 Å². The van der Waals surface area contributed by atoms with E-state index in [1.165, 1.54) is 4.57 Å². The molecule has 4 heterocycles. The first-order valence-corrected chi connectivity index (χ1v) is 17.1. The molecule has 2 saturated heterocycles. The fourth-order valence-electron chi connectivity index (χ4n) is 5.10. The molecule has 43 heavy (non-hydrogen) atoms. The minimum atomic E-state index is -5.78. The molecule has 2 aliphatic heterocycles. The van der Waals surface area contributed by atoms with E-state index in [9.17, 15) is 38.9 Å². The van der Waals surface area contributed by atoms with Crippen molar-refractivity contribution in [3.63, 3.8) is 0 Å². The summed E-state index contributed by atoms with van der Waals surface area (Å²) >= 11 is 0. The highest BCUT2D eigenvalue weighted by Gasteiger charge is 2.50. The van der Waals surface area contributed by atoms with Crippen LogP contribution in [0.25, 0.3) is 11.2 Å². The predicted molar refractivity (Wildman–Crippen MR) is 143 cm³/mol. The van der Waals surface area contributed by atoms with Gasteiger partial charge >= 0.3 is 23.5 Å². The van der Waals surface area contributed by atoms with Crippen LogP contribution in [-0.4, -0.2) is 96.4 Å². The molecule has 243 valence electrons. The topological polar surface area (TPSA) is 314 Å². The number of nitrogens with zero attached hydrogens (tertiary/aromatic N) is 5. The van der Waals surface area contributed by atoms with Gasteiger partial charge in [0.05, 0.1) is 12.1 Å². The van der Waals surface area contributed by atoms with E-state index < -0.39 is 71.7 Å². The first-order chi connectivity index (χ1) is 19.5. The molecule has 0 aromatic carbocycles. The number of phosphoric acid groups is 3. The number of phosphoric ester groups is 1. The molecular weight excluding hydrogens is 643 g/mol. The molecule has 2 aromatic heterocycles. The van der Waals surface area contributed by atoms with E-state index in [1.54, 1.807) is 13.8 Å². The Balaban J connectivity index is 1.59. The Morgan fingerprint density at radius 2 is 1.72 bits per heavy atom. The molecule has 3 unspecified atom stereocenters. The maximum absolute atomic E-state index is 13.1. The van der Waals surface area contributed by atoms with Gasteiger partial charge in [0.15, 0.2) is 23.2 Å². The lowest BCUT2D eigenvalue weighted by molar-refractivity contribution is -0.289. The first-order valence-electron chi connectivity index (χ1n) is 12.6. The van der Waals surface area contributed by atoms with Gasteiger partial charge in [0, 0.05) is 11.6 Å². The number of hydrogen-bond acceptors (Lipinski definition) is 15. The van der Waals surface area contributed by atoms with E-state index in [4.69, 9.17) is 20.3 Å². The number of rotatable bonds is 10. The smallest absolute Gasteiger partial charge is 0.387 e. The molecule has 4 rings (SSSR count). The number of hydrogen-bond donors (Lipinski definition) is 8. The van der Waals surface area contributed by atoms with Gasteiger partial charge in [-0.15, -0.1) is 10.3 Å². The number of piperidine rings is 1. The zero-order valence-electron chi connectivity index (χ0n) is 23.2. The molecule has 2 aliphatic rings. The van der Waals surface area contributed by atoms with Crippen molar-refractivity contribution in [2.75, 3.05) is 17.7 Å². The molecular formula is C19H33N7O14P3. The van der Waals surface area contributed by atoms with E-state index >= 15 is 0 Å². The van der Waals surface area contributed by atoms with Crippen LogP contribution in [-0.2, 0) is 36.8 Å². The Bertz CT molecular complexity index is 1500. The highest BCUT2D eigenvalue weighted by Crippen LogP contribution is 2.66. The minimum absolute atomic E-state index is 0.0291. The van der Waals surface area contributed by atoms with Gasteiger partial charge < -0.3 is 45.6 Å². The van der Waals surface area contributed by atoms with Crippen LogP contribution in [0.5, 0.6) is 0 Å². The molecule has 2 fully saturated rings. The molecule has 9 N–H and O–H groups in total. The molecule has 2 aromatic rings. The van der Waals surface area contributed by atoms with E-state index in [-0.39, 0.29) is 22.9 Å². The predicted octanol–water partition coefficient (Wildman–Crippen LogP) is 0.150. The van der Waals surface area contributed by atoms with Crippen LogP contribution in [0.15, 0.2) is 6.33 Å². The summed E-state index contributed by atoms with van der Waals surface area (Å²) in [5, 5.41) is 38.9. The number of nitrogens with one attached hydrogen (secondary N) is 1. The largest absolute Gasteiger partial charge is 0.490 e. The van der Waals surface area contributed by atoms with Crippen molar-refractivity contribution in [1.29, 1.82) is 0 Å². The van der Waals surface area contributed by atoms with Crippen molar-refractivity contribution < 1.29 is 66.6 Å². The van der Waals surface area contributed by atoms with Crippen LogP contribution in [0, 0.1) is 0 Å². The molecule has 21 nitrogen and oxygen atoms in total. The summed E-state index contributed by atoms with van der Waals surface area (Å²) in [6.07, 6.45) is -4.37. The van der Waals surface area contributed by atoms with Gasteiger partial charge in [-0.3, -0.25) is 9.09 Å². The Morgan fingerprint density at radius 3 is 2.35 bits per heavy atom. The van der Waals surface area contributed by atoms with Crippen LogP contribution in [0.2, 0.25) is 0 Å². The van der Waals surface area contributed by atoms with Crippen molar-refractivity contribution in [1.82, 2.24) is 24.6 Å². The van der Waals surface area contributed by atoms with E-state index in [0.717, 1.165) is 11.4 Å². The third-order valence-corrected chi connectivity index (χ3v) is 11.0. The molecule has 0 saturated carbocycles. The Labute approximate surface area is 244 Å². The molecule has 7 atom stereocenters. The molecule has 0 bridgehead atoms. The van der Waals surface area contributed by atoms with E-state index in [0.29, 0.717) is 12.8 Å². The standard InChI is InChI=1S/C19H33N7O14P3/c1-18(2)6-5-10(19(3,4)26(18)29)23-17-24-11-14(20)21-8-22-15(11)25(17)16-13(28)12(27)9(38-16)7-37-42(33,34)40-43(35,36)39-41(30,31)32/h8-10,12-13,16,27-28H,5-7H2,1-4H3,(H,23,24)(H,33,34)(H,35,36)(H2,20,21,22)(H2,30,31,32)/t9-,10?,12-,13-,16-/m1/s1. The van der Waals surface area contributed by atoms with E-state index in [1.807, 2.05) is 13.8 Å². The van der Waals surface area contributed by atoms with Gasteiger partial charge in [0.25, 0.3) is 0 Å². The SMILES string of the molecule is CC1(C)CCC(Nc2nc3c(N)ncnc3n2[C@@H]2O[C@H](COP(=O)(O)OP(=O)(O)OP(=O)(O)O)[C@@H](O)[C@H]2O)C(C)(C)N1[O]. The molecule has 0 amide bonds. The Hall–Kier alpha value is -1.64. The summed E-state index contributed by atoms with van der Waals surface area (Å²) in [5.41, 5.74) is 4.58. The summed E-state index contributed by atoms with van der Waals surface area (Å²) in [4.78, 5) is 48.9. The molecule has 24 heteroatoms. The summed E-state index contributed by atoms with van der Waals surface area (Å²) in [5.74, 6) is 0.0108. The van der Waals surface area contributed by atoms with Gasteiger partial charge in [-0.25, -0.2) is 28.6 Å². The third kappa shape index (κ3) is 7.27. The van der Waals surface area contributed by atoms with Crippen molar-refractivity contribution in [2.45, 2.75) is 82.2 Å². The number of aliphatic hydroxyl groups excluding tert-OH is 2. The van der Waals surface area contributed by atoms with Crippen LogP contribution in [0.3, 0.4) is 0 Å². The number of nitrogen functional groups attached to an aromatic ring is 1. The molecule has 0 aliphatic carbocycles. The number of imidazole rings is 1. The van der Waals surface area contributed by atoms with Gasteiger partial charge in [-0.2, -0.15) is 8.62 Å². The fraction of sp³-hybridized carbons (Fsp3) is 0.737. The second kappa shape index (κ2) is 11.6. The number of fused-ring (bicyclic) bond motifs is 1. The average molecular weight is 676 g/mol. The lowest BCUT2D eigenvalue weighted by Crippen LogP contribution is -2.64. The Kier molecular flexibility index (Phi) is 9.25. The summed E-state index contributed by atoms with van der Waals surface area (Å²) < 4.78 is 53.4. The normalized spacial score (nSPS) is 30.6. The van der Waals surface area contributed by atoms with Crippen molar-refractivity contribution in [3.05, 3.63) is 6.33 Å². The van der Waals surface area contributed by atoms with Crippen LogP contribution in [0.1, 0.15) is 46.8 Å². The van der Waals surface area contributed by atoms with Gasteiger partial charge in [0.1, 0.15) is 24.6 Å². The second-order valence-electron chi connectivity index (χ2n) is 11.2. The average Bonchev–Trinajstić information content (AvgIpc) is 3.34. The highest BCUT2D eigenvalue weighted by molar-refractivity contribution is 7.66.